The molecule has 1 saturated carbocycles. The highest BCUT2D eigenvalue weighted by molar-refractivity contribution is 6.42. The molecule has 23 heavy (non-hydrogen) atoms. The van der Waals surface area contributed by atoms with Gasteiger partial charge in [-0.1, -0.05) is 23.2 Å². The molecule has 0 bridgehead atoms. The summed E-state index contributed by atoms with van der Waals surface area (Å²) in [7, 11) is 0. The largest absolute Gasteiger partial charge is 0.481 e. The number of benzene rings is 1. The van der Waals surface area contributed by atoms with Crippen molar-refractivity contribution in [3.8, 4) is 0 Å². The lowest BCUT2D eigenvalue weighted by Gasteiger charge is -2.18. The van der Waals surface area contributed by atoms with Gasteiger partial charge >= 0.3 is 5.97 Å². The van der Waals surface area contributed by atoms with E-state index in [9.17, 15) is 14.4 Å². The van der Waals surface area contributed by atoms with Gasteiger partial charge in [0.2, 0.25) is 11.8 Å². The number of anilines is 1. The van der Waals surface area contributed by atoms with E-state index in [0.29, 0.717) is 35.1 Å². The SMILES string of the molecule is O=C(O)C1CC1C(=O)NC1CCN(c2ccc(Cl)c(Cl)c2)C1=O. The van der Waals surface area contributed by atoms with Gasteiger partial charge < -0.3 is 15.3 Å². The average molecular weight is 357 g/mol. The Kier molecular flexibility index (Phi) is 4.21. The lowest BCUT2D eigenvalue weighted by Crippen LogP contribution is -2.42. The molecule has 2 N–H and O–H groups in total. The summed E-state index contributed by atoms with van der Waals surface area (Å²) >= 11 is 11.8. The number of carbonyl (C=O) groups is 3. The number of hydrogen-bond acceptors (Lipinski definition) is 3. The van der Waals surface area contributed by atoms with Crippen LogP contribution < -0.4 is 10.2 Å². The zero-order valence-corrected chi connectivity index (χ0v) is 13.5. The van der Waals surface area contributed by atoms with E-state index in [1.165, 1.54) is 4.90 Å². The van der Waals surface area contributed by atoms with Crippen LogP contribution in [0.25, 0.3) is 0 Å². The summed E-state index contributed by atoms with van der Waals surface area (Å²) in [6.45, 7) is 0.453. The molecule has 1 saturated heterocycles. The molecule has 2 amide bonds. The molecule has 1 aliphatic carbocycles. The fourth-order valence-electron chi connectivity index (χ4n) is 2.76. The molecule has 1 aliphatic heterocycles. The molecule has 3 rings (SSSR count). The molecule has 0 radical (unpaired) electrons. The second-order valence-corrected chi connectivity index (χ2v) is 6.54. The normalized spacial score (nSPS) is 26.3. The van der Waals surface area contributed by atoms with E-state index < -0.39 is 23.8 Å². The highest BCUT2D eigenvalue weighted by Gasteiger charge is 2.49. The third-order valence-electron chi connectivity index (χ3n) is 4.18. The van der Waals surface area contributed by atoms with E-state index >= 15 is 0 Å². The third-order valence-corrected chi connectivity index (χ3v) is 4.92. The molecular formula is C15H14Cl2N2O4. The minimum atomic E-state index is -0.972. The van der Waals surface area contributed by atoms with Gasteiger partial charge in [0.25, 0.3) is 0 Å². The molecule has 3 unspecified atom stereocenters. The number of nitrogens with one attached hydrogen (secondary N) is 1. The summed E-state index contributed by atoms with van der Waals surface area (Å²) in [6.07, 6.45) is 0.799. The lowest BCUT2D eigenvalue weighted by molar-refractivity contribution is -0.140. The van der Waals surface area contributed by atoms with Gasteiger partial charge in [-0.05, 0) is 31.0 Å². The van der Waals surface area contributed by atoms with Gasteiger partial charge in [0.1, 0.15) is 6.04 Å². The summed E-state index contributed by atoms with van der Waals surface area (Å²) in [6, 6.07) is 4.28. The van der Waals surface area contributed by atoms with E-state index in [2.05, 4.69) is 5.32 Å². The first-order valence-corrected chi connectivity index (χ1v) is 7.93. The minimum absolute atomic E-state index is 0.232. The van der Waals surface area contributed by atoms with Crippen molar-refractivity contribution in [3.05, 3.63) is 28.2 Å². The van der Waals surface area contributed by atoms with Crippen LogP contribution in [-0.2, 0) is 14.4 Å². The van der Waals surface area contributed by atoms with Crippen molar-refractivity contribution < 1.29 is 19.5 Å². The Labute approximate surface area is 142 Å². The van der Waals surface area contributed by atoms with Crippen molar-refractivity contribution in [2.45, 2.75) is 18.9 Å². The van der Waals surface area contributed by atoms with Crippen molar-refractivity contribution in [1.82, 2.24) is 5.32 Å². The van der Waals surface area contributed by atoms with E-state index in [1.807, 2.05) is 0 Å². The van der Waals surface area contributed by atoms with Gasteiger partial charge in [-0.3, -0.25) is 14.4 Å². The first-order chi connectivity index (χ1) is 10.9. The quantitative estimate of drug-likeness (QED) is 0.862. The Balaban J connectivity index is 1.64. The Morgan fingerprint density at radius 3 is 2.57 bits per heavy atom. The highest BCUT2D eigenvalue weighted by atomic mass is 35.5. The molecule has 2 fully saturated rings. The van der Waals surface area contributed by atoms with Crippen LogP contribution in [0.2, 0.25) is 10.0 Å². The summed E-state index contributed by atoms with van der Waals surface area (Å²) in [5.41, 5.74) is 0.621. The van der Waals surface area contributed by atoms with E-state index in [4.69, 9.17) is 28.3 Å². The van der Waals surface area contributed by atoms with Gasteiger partial charge in [-0.25, -0.2) is 0 Å². The average Bonchev–Trinajstić information content (AvgIpc) is 3.23. The lowest BCUT2D eigenvalue weighted by atomic mass is 10.2. The Morgan fingerprint density at radius 1 is 1.22 bits per heavy atom. The first-order valence-electron chi connectivity index (χ1n) is 7.18. The molecule has 3 atom stereocenters. The number of rotatable bonds is 4. The molecule has 6 nitrogen and oxygen atoms in total. The minimum Gasteiger partial charge on any atom is -0.481 e. The molecule has 1 aromatic carbocycles. The van der Waals surface area contributed by atoms with Crippen molar-refractivity contribution in [2.75, 3.05) is 11.4 Å². The highest BCUT2D eigenvalue weighted by Crippen LogP contribution is 2.39. The van der Waals surface area contributed by atoms with Crippen LogP contribution in [0, 0.1) is 11.8 Å². The Bertz CT molecular complexity index is 694. The molecular weight excluding hydrogens is 343 g/mol. The predicted molar refractivity (Wildman–Crippen MR) is 84.6 cm³/mol. The summed E-state index contributed by atoms with van der Waals surface area (Å²) in [4.78, 5) is 36.7. The Hall–Kier alpha value is -1.79. The maximum Gasteiger partial charge on any atom is 0.307 e. The second kappa shape index (κ2) is 6.02. The van der Waals surface area contributed by atoms with Crippen molar-refractivity contribution in [3.63, 3.8) is 0 Å². The van der Waals surface area contributed by atoms with Crippen molar-refractivity contribution in [1.29, 1.82) is 0 Å². The zero-order valence-electron chi connectivity index (χ0n) is 12.0. The van der Waals surface area contributed by atoms with Gasteiger partial charge in [0.05, 0.1) is 21.9 Å². The topological polar surface area (TPSA) is 86.7 Å². The summed E-state index contributed by atoms with van der Waals surface area (Å²) in [5, 5.41) is 12.3. The standard InChI is InChI=1S/C15H14Cl2N2O4/c16-10-2-1-7(5-11(10)17)19-4-3-12(14(19)21)18-13(20)8-6-9(8)15(22)23/h1-2,5,8-9,12H,3-4,6H2,(H,18,20)(H,22,23). The number of amides is 2. The molecule has 8 heteroatoms. The van der Waals surface area contributed by atoms with E-state index in [-0.39, 0.29) is 11.8 Å². The molecule has 1 aromatic rings. The van der Waals surface area contributed by atoms with Gasteiger partial charge in [0.15, 0.2) is 0 Å². The van der Waals surface area contributed by atoms with Crippen LogP contribution in [0.4, 0.5) is 5.69 Å². The fourth-order valence-corrected chi connectivity index (χ4v) is 3.05. The number of aliphatic carboxylic acids is 1. The zero-order chi connectivity index (χ0) is 16.7. The van der Waals surface area contributed by atoms with E-state index in [1.54, 1.807) is 18.2 Å². The molecule has 2 aliphatic rings. The van der Waals surface area contributed by atoms with Crippen LogP contribution in [0.1, 0.15) is 12.8 Å². The van der Waals surface area contributed by atoms with Crippen molar-refractivity contribution >= 4 is 46.7 Å². The van der Waals surface area contributed by atoms with Gasteiger partial charge in [0, 0.05) is 12.2 Å². The number of carboxylic acid groups (broad SMARTS) is 1. The number of hydrogen-bond donors (Lipinski definition) is 2. The summed E-state index contributed by atoms with van der Waals surface area (Å²) < 4.78 is 0. The maximum atomic E-state index is 12.4. The van der Waals surface area contributed by atoms with Gasteiger partial charge in [-0.2, -0.15) is 0 Å². The van der Waals surface area contributed by atoms with Gasteiger partial charge in [-0.15, -0.1) is 0 Å². The number of nitrogens with zero attached hydrogens (tertiary/aromatic N) is 1. The second-order valence-electron chi connectivity index (χ2n) is 5.73. The van der Waals surface area contributed by atoms with Crippen molar-refractivity contribution in [2.24, 2.45) is 11.8 Å². The predicted octanol–water partition coefficient (Wildman–Crippen LogP) is 1.94. The van der Waals surface area contributed by atoms with Crippen LogP contribution in [0.3, 0.4) is 0 Å². The number of halogens is 2. The van der Waals surface area contributed by atoms with Crippen LogP contribution in [0.5, 0.6) is 0 Å². The molecule has 122 valence electrons. The third kappa shape index (κ3) is 3.14. The van der Waals surface area contributed by atoms with E-state index in [0.717, 1.165) is 0 Å². The molecule has 0 aromatic heterocycles. The monoisotopic (exact) mass is 356 g/mol. The summed E-state index contributed by atoms with van der Waals surface area (Å²) in [5.74, 6) is -2.73. The number of carboxylic acids is 1. The number of carbonyl (C=O) groups excluding carboxylic acids is 2. The van der Waals surface area contributed by atoms with Crippen LogP contribution in [-0.4, -0.2) is 35.5 Å². The van der Waals surface area contributed by atoms with Crippen LogP contribution >= 0.6 is 23.2 Å². The fraction of sp³-hybridized carbons (Fsp3) is 0.400. The molecule has 1 heterocycles. The molecule has 0 spiro atoms. The van der Waals surface area contributed by atoms with Crippen LogP contribution in [0.15, 0.2) is 18.2 Å². The maximum absolute atomic E-state index is 12.4. The smallest absolute Gasteiger partial charge is 0.307 e. The first kappa shape index (κ1) is 16.1. The Morgan fingerprint density at radius 2 is 1.96 bits per heavy atom.